The lowest BCUT2D eigenvalue weighted by molar-refractivity contribution is -0.122. The van der Waals surface area contributed by atoms with Crippen LogP contribution in [0.2, 0.25) is 0 Å². The van der Waals surface area contributed by atoms with Gasteiger partial charge in [-0.25, -0.2) is 9.67 Å². The summed E-state index contributed by atoms with van der Waals surface area (Å²) < 4.78 is 1.91. The fourth-order valence-electron chi connectivity index (χ4n) is 3.92. The lowest BCUT2D eigenvalue weighted by Crippen LogP contribution is -2.46. The number of benzene rings is 1. The number of aromatic nitrogens is 5. The van der Waals surface area contributed by atoms with E-state index in [-0.39, 0.29) is 11.9 Å². The van der Waals surface area contributed by atoms with Crippen molar-refractivity contribution in [2.75, 3.05) is 11.9 Å². The fraction of sp³-hybridized carbons (Fsp3) is 0.429. The number of aryl methyl sites for hydroxylation is 3. The highest BCUT2D eigenvalue weighted by Crippen LogP contribution is 2.21. The first kappa shape index (κ1) is 19.3. The molecule has 0 unspecified atom stereocenters. The number of hydrogen-bond acceptors (Lipinski definition) is 5. The largest absolute Gasteiger partial charge is 0.325 e. The molecule has 0 aliphatic carbocycles. The monoisotopic (exact) mass is 393 g/mol. The summed E-state index contributed by atoms with van der Waals surface area (Å²) in [6.45, 7) is 7.35. The average Bonchev–Trinajstić information content (AvgIpc) is 3.27. The van der Waals surface area contributed by atoms with Gasteiger partial charge in [-0.05, 0) is 70.5 Å². The van der Waals surface area contributed by atoms with Crippen LogP contribution >= 0.6 is 0 Å². The van der Waals surface area contributed by atoms with Crippen molar-refractivity contribution in [2.45, 2.75) is 52.6 Å². The number of aromatic amines is 1. The molecule has 29 heavy (non-hydrogen) atoms. The maximum atomic E-state index is 13.0. The maximum Gasteiger partial charge on any atom is 0.241 e. The number of amides is 1. The number of piperidine rings is 1. The first-order valence-electron chi connectivity index (χ1n) is 10.1. The third-order valence-corrected chi connectivity index (χ3v) is 5.29. The fourth-order valence-corrected chi connectivity index (χ4v) is 3.92. The van der Waals surface area contributed by atoms with Crippen LogP contribution in [-0.2, 0) is 11.3 Å². The van der Waals surface area contributed by atoms with Crippen LogP contribution in [0.25, 0.3) is 5.69 Å². The molecule has 8 nitrogen and oxygen atoms in total. The lowest BCUT2D eigenvalue weighted by Gasteiger charge is -2.33. The average molecular weight is 393 g/mol. The Bertz CT molecular complexity index is 989. The molecule has 0 radical (unpaired) electrons. The van der Waals surface area contributed by atoms with Crippen molar-refractivity contribution < 1.29 is 4.79 Å². The van der Waals surface area contributed by atoms with Crippen molar-refractivity contribution >= 4 is 11.6 Å². The van der Waals surface area contributed by atoms with Crippen LogP contribution in [0.1, 0.15) is 42.3 Å². The van der Waals surface area contributed by atoms with Gasteiger partial charge in [-0.1, -0.05) is 6.42 Å². The van der Waals surface area contributed by atoms with Gasteiger partial charge in [-0.3, -0.25) is 14.8 Å². The molecule has 1 aliphatic rings. The third kappa shape index (κ3) is 4.37. The Hall–Kier alpha value is -3.00. The van der Waals surface area contributed by atoms with E-state index in [9.17, 15) is 4.79 Å². The molecule has 0 spiro atoms. The molecule has 1 aliphatic heterocycles. The molecular weight excluding hydrogens is 366 g/mol. The Morgan fingerprint density at radius 2 is 2.00 bits per heavy atom. The van der Waals surface area contributed by atoms with Crippen molar-refractivity contribution in [3.63, 3.8) is 0 Å². The van der Waals surface area contributed by atoms with E-state index in [1.165, 1.54) is 0 Å². The first-order chi connectivity index (χ1) is 14.0. The van der Waals surface area contributed by atoms with Gasteiger partial charge in [0.15, 0.2) is 5.82 Å². The van der Waals surface area contributed by atoms with Crippen LogP contribution in [0.5, 0.6) is 0 Å². The van der Waals surface area contributed by atoms with Crippen molar-refractivity contribution in [1.29, 1.82) is 0 Å². The minimum atomic E-state index is -0.168. The number of rotatable bonds is 5. The van der Waals surface area contributed by atoms with Crippen LogP contribution in [0.3, 0.4) is 0 Å². The second-order valence-corrected chi connectivity index (χ2v) is 7.69. The second-order valence-electron chi connectivity index (χ2n) is 7.69. The highest BCUT2D eigenvalue weighted by atomic mass is 16.2. The molecule has 1 atom stereocenters. The molecule has 2 aromatic heterocycles. The van der Waals surface area contributed by atoms with Crippen LogP contribution in [0.15, 0.2) is 30.3 Å². The Kier molecular flexibility index (Phi) is 5.44. The molecule has 1 fully saturated rings. The smallest absolute Gasteiger partial charge is 0.241 e. The molecule has 3 heterocycles. The number of nitrogens with one attached hydrogen (secondary N) is 2. The van der Waals surface area contributed by atoms with Gasteiger partial charge >= 0.3 is 0 Å². The van der Waals surface area contributed by atoms with Gasteiger partial charge in [0, 0.05) is 11.4 Å². The summed E-state index contributed by atoms with van der Waals surface area (Å²) in [5.41, 5.74) is 3.84. The first-order valence-corrected chi connectivity index (χ1v) is 10.1. The van der Waals surface area contributed by atoms with E-state index in [4.69, 9.17) is 0 Å². The molecule has 8 heteroatoms. The standard InChI is InChI=1S/C21H27N7O/c1-14-12-15(2)28(26-14)18-9-7-17(8-10-18)23-21(29)19-6-4-5-11-27(19)13-20-22-16(3)24-25-20/h7-10,12,19H,4-6,11,13H2,1-3H3,(H,23,29)(H,22,24,25)/t19-/m0/s1. The van der Waals surface area contributed by atoms with Gasteiger partial charge in [0.2, 0.25) is 5.91 Å². The van der Waals surface area contributed by atoms with Crippen LogP contribution in [0.4, 0.5) is 5.69 Å². The Labute approximate surface area is 170 Å². The minimum Gasteiger partial charge on any atom is -0.325 e. The lowest BCUT2D eigenvalue weighted by atomic mass is 10.0. The predicted molar refractivity (Wildman–Crippen MR) is 111 cm³/mol. The predicted octanol–water partition coefficient (Wildman–Crippen LogP) is 2.91. The molecule has 1 saturated heterocycles. The van der Waals surface area contributed by atoms with Crippen LogP contribution in [-0.4, -0.2) is 48.4 Å². The summed E-state index contributed by atoms with van der Waals surface area (Å²) in [5, 5.41) is 14.7. The zero-order valence-electron chi connectivity index (χ0n) is 17.1. The van der Waals surface area contributed by atoms with E-state index in [0.29, 0.717) is 6.54 Å². The number of H-pyrrole nitrogens is 1. The summed E-state index contributed by atoms with van der Waals surface area (Å²) in [7, 11) is 0. The highest BCUT2D eigenvalue weighted by molar-refractivity contribution is 5.94. The van der Waals surface area contributed by atoms with Crippen LogP contribution < -0.4 is 5.32 Å². The molecule has 1 aromatic carbocycles. The van der Waals surface area contributed by atoms with Gasteiger partial charge in [0.05, 0.1) is 24.0 Å². The van der Waals surface area contributed by atoms with Gasteiger partial charge in [0.25, 0.3) is 0 Å². The van der Waals surface area contributed by atoms with E-state index >= 15 is 0 Å². The van der Waals surface area contributed by atoms with Gasteiger partial charge in [-0.15, -0.1) is 0 Å². The molecule has 1 amide bonds. The second kappa shape index (κ2) is 8.16. The molecule has 3 aromatic rings. The SMILES string of the molecule is Cc1cc(C)n(-c2ccc(NC(=O)[C@@H]3CCCCN3Cc3n[nH]c(C)n3)cc2)n1. The minimum absolute atomic E-state index is 0.0239. The molecule has 152 valence electrons. The Morgan fingerprint density at radius 3 is 2.66 bits per heavy atom. The van der Waals surface area contributed by atoms with Gasteiger partial charge < -0.3 is 5.32 Å². The van der Waals surface area contributed by atoms with Crippen LogP contribution in [0, 0.1) is 20.8 Å². The van der Waals surface area contributed by atoms with E-state index in [2.05, 4.69) is 30.5 Å². The zero-order valence-corrected chi connectivity index (χ0v) is 17.1. The van der Waals surface area contributed by atoms with Crippen molar-refractivity contribution in [3.05, 3.63) is 53.4 Å². The van der Waals surface area contributed by atoms with Crippen molar-refractivity contribution in [3.8, 4) is 5.69 Å². The normalized spacial score (nSPS) is 17.4. The summed E-state index contributed by atoms with van der Waals surface area (Å²) in [6.07, 6.45) is 2.99. The van der Waals surface area contributed by atoms with E-state index in [1.807, 2.05) is 55.8 Å². The van der Waals surface area contributed by atoms with Gasteiger partial charge in [0.1, 0.15) is 5.82 Å². The number of anilines is 1. The number of carbonyl (C=O) groups excluding carboxylic acids is 1. The van der Waals surface area contributed by atoms with E-state index in [0.717, 1.165) is 60.2 Å². The Balaban J connectivity index is 1.43. The summed E-state index contributed by atoms with van der Waals surface area (Å²) >= 11 is 0. The van der Waals surface area contributed by atoms with Gasteiger partial charge in [-0.2, -0.15) is 10.2 Å². The molecular formula is C21H27N7O. The molecule has 0 bridgehead atoms. The van der Waals surface area contributed by atoms with E-state index in [1.54, 1.807) is 0 Å². The summed E-state index contributed by atoms with van der Waals surface area (Å²) in [5.74, 6) is 1.55. The summed E-state index contributed by atoms with van der Waals surface area (Å²) in [6, 6.07) is 9.68. The van der Waals surface area contributed by atoms with E-state index < -0.39 is 0 Å². The topological polar surface area (TPSA) is 91.7 Å². The maximum absolute atomic E-state index is 13.0. The third-order valence-electron chi connectivity index (χ3n) is 5.29. The quantitative estimate of drug-likeness (QED) is 0.695. The van der Waals surface area contributed by atoms with Crippen molar-refractivity contribution in [2.24, 2.45) is 0 Å². The zero-order chi connectivity index (χ0) is 20.4. The van der Waals surface area contributed by atoms with Crippen molar-refractivity contribution in [1.82, 2.24) is 29.9 Å². The Morgan fingerprint density at radius 1 is 1.21 bits per heavy atom. The molecule has 2 N–H and O–H groups in total. The number of carbonyl (C=O) groups is 1. The number of likely N-dealkylation sites (tertiary alicyclic amines) is 1. The highest BCUT2D eigenvalue weighted by Gasteiger charge is 2.29. The number of nitrogens with zero attached hydrogens (tertiary/aromatic N) is 5. The molecule has 4 rings (SSSR count). The number of hydrogen-bond donors (Lipinski definition) is 2. The summed E-state index contributed by atoms with van der Waals surface area (Å²) in [4.78, 5) is 19.5. The molecule has 0 saturated carbocycles.